The van der Waals surface area contributed by atoms with Gasteiger partial charge in [-0.2, -0.15) is 0 Å². The summed E-state index contributed by atoms with van der Waals surface area (Å²) < 4.78 is 0. The smallest absolute Gasteiger partial charge is 0.227 e. The van der Waals surface area contributed by atoms with E-state index in [2.05, 4.69) is 16.7 Å². The minimum absolute atomic E-state index is 0.0664. The largest absolute Gasteiger partial charge is 0.341 e. The zero-order chi connectivity index (χ0) is 14.1. The lowest BCUT2D eigenvalue weighted by Gasteiger charge is -2.37. The van der Waals surface area contributed by atoms with Crippen molar-refractivity contribution in [2.24, 2.45) is 17.6 Å². The van der Waals surface area contributed by atoms with Crippen LogP contribution < -0.4 is 5.73 Å². The molecule has 3 fully saturated rings. The van der Waals surface area contributed by atoms with E-state index in [9.17, 15) is 4.79 Å². The molecule has 2 saturated heterocycles. The molecule has 20 heavy (non-hydrogen) atoms. The zero-order valence-corrected chi connectivity index (χ0v) is 12.8. The summed E-state index contributed by atoms with van der Waals surface area (Å²) in [5, 5.41) is 0. The summed E-state index contributed by atoms with van der Waals surface area (Å²) in [5.74, 6) is 0.865. The van der Waals surface area contributed by atoms with Crippen LogP contribution in [0.5, 0.6) is 0 Å². The maximum atomic E-state index is 12.9. The molecule has 4 nitrogen and oxygen atoms in total. The monoisotopic (exact) mass is 279 g/mol. The van der Waals surface area contributed by atoms with Crippen LogP contribution in [0.4, 0.5) is 0 Å². The third kappa shape index (κ3) is 2.73. The Morgan fingerprint density at radius 2 is 1.85 bits per heavy atom. The number of hydrogen-bond acceptors (Lipinski definition) is 3. The van der Waals surface area contributed by atoms with Gasteiger partial charge in [0.15, 0.2) is 0 Å². The highest BCUT2D eigenvalue weighted by atomic mass is 16.2. The van der Waals surface area contributed by atoms with Gasteiger partial charge in [-0.25, -0.2) is 0 Å². The van der Waals surface area contributed by atoms with Gasteiger partial charge < -0.3 is 10.6 Å². The highest BCUT2D eigenvalue weighted by molar-refractivity contribution is 5.80. The number of hydrogen-bond donors (Lipinski definition) is 1. The van der Waals surface area contributed by atoms with Gasteiger partial charge in [-0.05, 0) is 44.6 Å². The highest BCUT2D eigenvalue weighted by Gasteiger charge is 2.38. The van der Waals surface area contributed by atoms with E-state index in [4.69, 9.17) is 5.73 Å². The quantitative estimate of drug-likeness (QED) is 0.790. The Hall–Kier alpha value is -0.610. The van der Waals surface area contributed by atoms with Crippen LogP contribution in [0.1, 0.15) is 45.4 Å². The van der Waals surface area contributed by atoms with E-state index in [-0.39, 0.29) is 12.0 Å². The molecule has 0 spiro atoms. The molecule has 1 saturated carbocycles. The van der Waals surface area contributed by atoms with Crippen LogP contribution in [0.25, 0.3) is 0 Å². The Balaban J connectivity index is 1.69. The second-order valence-corrected chi connectivity index (χ2v) is 7.07. The SMILES string of the molecule is CC1CCCC(N)C1C(=O)N1CCCN2CCCC2C1. The molecule has 2 N–H and O–H groups in total. The van der Waals surface area contributed by atoms with Crippen LogP contribution in [-0.2, 0) is 4.79 Å². The van der Waals surface area contributed by atoms with Crippen LogP contribution in [-0.4, -0.2) is 54.0 Å². The molecule has 114 valence electrons. The van der Waals surface area contributed by atoms with Gasteiger partial charge in [-0.3, -0.25) is 9.69 Å². The number of rotatable bonds is 1. The second kappa shape index (κ2) is 6.02. The number of carbonyl (C=O) groups is 1. The maximum Gasteiger partial charge on any atom is 0.227 e. The van der Waals surface area contributed by atoms with E-state index < -0.39 is 0 Å². The summed E-state index contributed by atoms with van der Waals surface area (Å²) in [4.78, 5) is 17.7. The zero-order valence-electron chi connectivity index (χ0n) is 12.8. The fraction of sp³-hybridized carbons (Fsp3) is 0.938. The summed E-state index contributed by atoms with van der Waals surface area (Å²) in [5.41, 5.74) is 6.26. The first-order chi connectivity index (χ1) is 9.66. The molecule has 0 aromatic rings. The fourth-order valence-corrected chi connectivity index (χ4v) is 4.50. The molecular formula is C16H29N3O. The van der Waals surface area contributed by atoms with Crippen LogP contribution in [0.2, 0.25) is 0 Å². The molecule has 2 heterocycles. The summed E-state index contributed by atoms with van der Waals surface area (Å²) in [7, 11) is 0. The van der Waals surface area contributed by atoms with Crippen molar-refractivity contribution in [1.29, 1.82) is 0 Å². The third-order valence-corrected chi connectivity index (χ3v) is 5.67. The maximum absolute atomic E-state index is 12.9. The minimum atomic E-state index is 0.0664. The lowest BCUT2D eigenvalue weighted by atomic mass is 9.76. The average molecular weight is 279 g/mol. The lowest BCUT2D eigenvalue weighted by Crippen LogP contribution is -2.50. The van der Waals surface area contributed by atoms with Crippen molar-refractivity contribution >= 4 is 5.91 Å². The average Bonchev–Trinajstić information content (AvgIpc) is 2.75. The van der Waals surface area contributed by atoms with E-state index in [0.717, 1.165) is 32.4 Å². The van der Waals surface area contributed by atoms with Crippen LogP contribution in [0.3, 0.4) is 0 Å². The van der Waals surface area contributed by atoms with Crippen molar-refractivity contribution in [3.05, 3.63) is 0 Å². The molecule has 0 aromatic carbocycles. The van der Waals surface area contributed by atoms with Gasteiger partial charge in [-0.1, -0.05) is 13.3 Å². The van der Waals surface area contributed by atoms with Gasteiger partial charge in [0.2, 0.25) is 5.91 Å². The number of carbonyl (C=O) groups excluding carboxylic acids is 1. The van der Waals surface area contributed by atoms with Gasteiger partial charge >= 0.3 is 0 Å². The predicted molar refractivity (Wildman–Crippen MR) is 80.3 cm³/mol. The van der Waals surface area contributed by atoms with Gasteiger partial charge in [0, 0.05) is 31.7 Å². The van der Waals surface area contributed by atoms with Crippen molar-refractivity contribution in [1.82, 2.24) is 9.80 Å². The van der Waals surface area contributed by atoms with E-state index >= 15 is 0 Å². The number of amides is 1. The molecule has 2 aliphatic heterocycles. The molecular weight excluding hydrogens is 250 g/mol. The Bertz CT molecular complexity index is 350. The number of fused-ring (bicyclic) bond motifs is 1. The first-order valence-electron chi connectivity index (χ1n) is 8.45. The van der Waals surface area contributed by atoms with E-state index in [1.54, 1.807) is 0 Å². The van der Waals surface area contributed by atoms with Gasteiger partial charge in [-0.15, -0.1) is 0 Å². The Morgan fingerprint density at radius 1 is 1.05 bits per heavy atom. The Labute approximate surface area is 122 Å². The summed E-state index contributed by atoms with van der Waals surface area (Å²) in [6, 6.07) is 0.686. The topological polar surface area (TPSA) is 49.6 Å². The summed E-state index contributed by atoms with van der Waals surface area (Å²) >= 11 is 0. The van der Waals surface area contributed by atoms with E-state index in [0.29, 0.717) is 17.9 Å². The van der Waals surface area contributed by atoms with Crippen molar-refractivity contribution in [3.63, 3.8) is 0 Å². The van der Waals surface area contributed by atoms with Crippen molar-refractivity contribution in [3.8, 4) is 0 Å². The molecule has 4 unspecified atom stereocenters. The van der Waals surface area contributed by atoms with Crippen molar-refractivity contribution in [2.45, 2.75) is 57.5 Å². The first-order valence-corrected chi connectivity index (χ1v) is 8.45. The van der Waals surface area contributed by atoms with Crippen LogP contribution >= 0.6 is 0 Å². The Morgan fingerprint density at radius 3 is 2.65 bits per heavy atom. The van der Waals surface area contributed by atoms with Gasteiger partial charge in [0.25, 0.3) is 0 Å². The van der Waals surface area contributed by atoms with Gasteiger partial charge in [0.1, 0.15) is 0 Å². The molecule has 1 amide bonds. The molecule has 1 aliphatic carbocycles. The molecule has 0 aromatic heterocycles. The van der Waals surface area contributed by atoms with Crippen LogP contribution in [0, 0.1) is 11.8 Å². The lowest BCUT2D eigenvalue weighted by molar-refractivity contribution is -0.139. The van der Waals surface area contributed by atoms with Crippen molar-refractivity contribution in [2.75, 3.05) is 26.2 Å². The first kappa shape index (κ1) is 14.3. The predicted octanol–water partition coefficient (Wildman–Crippen LogP) is 1.45. The van der Waals surface area contributed by atoms with Crippen molar-refractivity contribution < 1.29 is 4.79 Å². The van der Waals surface area contributed by atoms with E-state index in [1.165, 1.54) is 32.4 Å². The molecule has 0 bridgehead atoms. The molecule has 3 rings (SSSR count). The minimum Gasteiger partial charge on any atom is -0.341 e. The molecule has 4 atom stereocenters. The van der Waals surface area contributed by atoms with Gasteiger partial charge in [0.05, 0.1) is 5.92 Å². The van der Waals surface area contributed by atoms with E-state index in [1.807, 2.05) is 0 Å². The number of nitrogens with zero attached hydrogens (tertiary/aromatic N) is 2. The normalized spacial score (nSPS) is 39.4. The third-order valence-electron chi connectivity index (χ3n) is 5.67. The molecule has 4 heteroatoms. The summed E-state index contributed by atoms with van der Waals surface area (Å²) in [6.45, 7) is 6.48. The second-order valence-electron chi connectivity index (χ2n) is 7.07. The number of nitrogens with two attached hydrogens (primary N) is 1. The molecule has 0 radical (unpaired) electrons. The van der Waals surface area contributed by atoms with Crippen LogP contribution in [0.15, 0.2) is 0 Å². The molecule has 3 aliphatic rings. The standard InChI is InChI=1S/C16H29N3O/c1-12-5-2-7-14(17)15(12)16(20)19-10-4-9-18-8-3-6-13(18)11-19/h12-15H,2-11,17H2,1H3. The highest BCUT2D eigenvalue weighted by Crippen LogP contribution is 2.31. The summed E-state index contributed by atoms with van der Waals surface area (Å²) in [6.07, 6.45) is 7.04. The Kier molecular flexibility index (Phi) is 4.32. The fourth-order valence-electron chi connectivity index (χ4n) is 4.50.